The Morgan fingerprint density at radius 1 is 1.00 bits per heavy atom. The second-order valence-electron chi connectivity index (χ2n) is 5.33. The van der Waals surface area contributed by atoms with Crippen LogP contribution in [0.2, 0.25) is 0 Å². The van der Waals surface area contributed by atoms with Gasteiger partial charge in [0.1, 0.15) is 24.2 Å². The van der Waals surface area contributed by atoms with Gasteiger partial charge in [0.05, 0.1) is 7.11 Å². The van der Waals surface area contributed by atoms with Gasteiger partial charge in [0.2, 0.25) is 0 Å². The lowest BCUT2D eigenvalue weighted by atomic mass is 10.1. The first-order valence-corrected chi connectivity index (χ1v) is 7.04. The zero-order valence-corrected chi connectivity index (χ0v) is 13.0. The Kier molecular flexibility index (Phi) is 4.86. The molecule has 2 rings (SSSR count). The Morgan fingerprint density at radius 2 is 1.57 bits per heavy atom. The van der Waals surface area contributed by atoms with Crippen LogP contribution < -0.4 is 9.47 Å². The zero-order chi connectivity index (χ0) is 15.4. The van der Waals surface area contributed by atoms with Crippen molar-refractivity contribution in [1.82, 2.24) is 0 Å². The maximum atomic E-state index is 10.2. The van der Waals surface area contributed by atoms with Gasteiger partial charge in [-0.05, 0) is 49.6 Å². The highest BCUT2D eigenvalue weighted by atomic mass is 16.5. The number of hydrogen-bond donors (Lipinski definition) is 1. The molecule has 3 nitrogen and oxygen atoms in total. The molecule has 0 saturated heterocycles. The molecular formula is C18H22O3. The van der Waals surface area contributed by atoms with Crippen molar-refractivity contribution in [2.24, 2.45) is 0 Å². The molecule has 0 saturated carbocycles. The van der Waals surface area contributed by atoms with Crippen molar-refractivity contribution in [2.75, 3.05) is 13.7 Å². The van der Waals surface area contributed by atoms with Gasteiger partial charge in [0, 0.05) is 0 Å². The molecule has 2 aromatic rings. The van der Waals surface area contributed by atoms with Crippen LogP contribution in [0.25, 0.3) is 0 Å². The van der Waals surface area contributed by atoms with Gasteiger partial charge in [0.25, 0.3) is 0 Å². The molecule has 0 aliphatic carbocycles. The van der Waals surface area contributed by atoms with Crippen molar-refractivity contribution >= 4 is 0 Å². The predicted octanol–water partition coefficient (Wildman–Crippen LogP) is 3.73. The number of ether oxygens (including phenoxy) is 2. The van der Waals surface area contributed by atoms with E-state index in [4.69, 9.17) is 9.47 Å². The van der Waals surface area contributed by atoms with E-state index in [1.54, 1.807) is 7.11 Å². The third-order valence-corrected chi connectivity index (χ3v) is 3.49. The van der Waals surface area contributed by atoms with Crippen molar-refractivity contribution in [3.05, 3.63) is 58.7 Å². The van der Waals surface area contributed by atoms with Crippen molar-refractivity contribution < 1.29 is 14.6 Å². The summed E-state index contributed by atoms with van der Waals surface area (Å²) < 4.78 is 10.9. The van der Waals surface area contributed by atoms with E-state index >= 15 is 0 Å². The Balaban J connectivity index is 2.05. The van der Waals surface area contributed by atoms with E-state index in [0.717, 1.165) is 28.2 Å². The fourth-order valence-corrected chi connectivity index (χ4v) is 2.48. The average Bonchev–Trinajstić information content (AvgIpc) is 2.46. The van der Waals surface area contributed by atoms with Crippen LogP contribution in [0.1, 0.15) is 28.4 Å². The number of hydrogen-bond acceptors (Lipinski definition) is 3. The van der Waals surface area contributed by atoms with Gasteiger partial charge in [-0.1, -0.05) is 29.8 Å². The summed E-state index contributed by atoms with van der Waals surface area (Å²) in [6.45, 7) is 6.34. The highest BCUT2D eigenvalue weighted by Crippen LogP contribution is 2.26. The number of aliphatic hydroxyl groups excluding tert-OH is 1. The molecule has 2 aromatic carbocycles. The van der Waals surface area contributed by atoms with E-state index in [1.807, 2.05) is 38.1 Å². The SMILES string of the molecule is COc1ccc(C(O)COc2c(C)cc(C)cc2C)cc1. The monoisotopic (exact) mass is 286 g/mol. The second kappa shape index (κ2) is 6.64. The van der Waals surface area contributed by atoms with Crippen LogP contribution in [0.4, 0.5) is 0 Å². The van der Waals surface area contributed by atoms with Gasteiger partial charge < -0.3 is 14.6 Å². The van der Waals surface area contributed by atoms with Gasteiger partial charge in [-0.3, -0.25) is 0 Å². The summed E-state index contributed by atoms with van der Waals surface area (Å²) in [5.41, 5.74) is 4.22. The Morgan fingerprint density at radius 3 is 2.10 bits per heavy atom. The molecule has 1 atom stereocenters. The van der Waals surface area contributed by atoms with Crippen molar-refractivity contribution in [1.29, 1.82) is 0 Å². The number of aliphatic hydroxyl groups is 1. The van der Waals surface area contributed by atoms with Crippen LogP contribution in [0.15, 0.2) is 36.4 Å². The summed E-state index contributed by atoms with van der Waals surface area (Å²) in [5, 5.41) is 10.2. The van der Waals surface area contributed by atoms with Gasteiger partial charge in [-0.15, -0.1) is 0 Å². The highest BCUT2D eigenvalue weighted by molar-refractivity contribution is 5.43. The molecule has 3 heteroatoms. The molecule has 21 heavy (non-hydrogen) atoms. The molecule has 0 aliphatic rings. The first kappa shape index (κ1) is 15.4. The zero-order valence-electron chi connectivity index (χ0n) is 13.0. The van der Waals surface area contributed by atoms with E-state index < -0.39 is 6.10 Å². The molecule has 0 radical (unpaired) electrons. The standard InChI is InChI=1S/C18H22O3/c1-12-9-13(2)18(14(3)10-12)21-11-17(19)15-5-7-16(20-4)8-6-15/h5-10,17,19H,11H2,1-4H3. The molecule has 0 amide bonds. The van der Waals surface area contributed by atoms with Crippen LogP contribution >= 0.6 is 0 Å². The molecule has 0 spiro atoms. The summed E-state index contributed by atoms with van der Waals surface area (Å²) in [7, 11) is 1.62. The average molecular weight is 286 g/mol. The van der Waals surface area contributed by atoms with E-state index in [0.29, 0.717) is 0 Å². The quantitative estimate of drug-likeness (QED) is 0.910. The van der Waals surface area contributed by atoms with E-state index in [2.05, 4.69) is 19.1 Å². The van der Waals surface area contributed by atoms with Gasteiger partial charge >= 0.3 is 0 Å². The summed E-state index contributed by atoms with van der Waals surface area (Å²) in [5.74, 6) is 1.63. The lowest BCUT2D eigenvalue weighted by Gasteiger charge is -2.16. The van der Waals surface area contributed by atoms with Gasteiger partial charge in [-0.25, -0.2) is 0 Å². The molecule has 0 aromatic heterocycles. The molecular weight excluding hydrogens is 264 g/mol. The number of methoxy groups -OCH3 is 1. The molecule has 1 unspecified atom stereocenters. The Bertz CT molecular complexity index is 579. The smallest absolute Gasteiger partial charge is 0.125 e. The third kappa shape index (κ3) is 3.76. The van der Waals surface area contributed by atoms with E-state index in [9.17, 15) is 5.11 Å². The Hall–Kier alpha value is -2.00. The van der Waals surface area contributed by atoms with Crippen LogP contribution in [0.3, 0.4) is 0 Å². The lowest BCUT2D eigenvalue weighted by Crippen LogP contribution is -2.11. The highest BCUT2D eigenvalue weighted by Gasteiger charge is 2.11. The first-order valence-electron chi connectivity index (χ1n) is 7.04. The van der Waals surface area contributed by atoms with Crippen molar-refractivity contribution in [3.63, 3.8) is 0 Å². The van der Waals surface area contributed by atoms with Crippen molar-refractivity contribution in [3.8, 4) is 11.5 Å². The minimum absolute atomic E-state index is 0.233. The normalized spacial score (nSPS) is 12.0. The topological polar surface area (TPSA) is 38.7 Å². The van der Waals surface area contributed by atoms with Crippen LogP contribution in [-0.2, 0) is 0 Å². The maximum absolute atomic E-state index is 10.2. The lowest BCUT2D eigenvalue weighted by molar-refractivity contribution is 0.107. The molecule has 0 aliphatic heterocycles. The number of rotatable bonds is 5. The molecule has 0 bridgehead atoms. The minimum Gasteiger partial charge on any atom is -0.497 e. The predicted molar refractivity (Wildman–Crippen MR) is 84.1 cm³/mol. The second-order valence-corrected chi connectivity index (χ2v) is 5.33. The number of aryl methyl sites for hydroxylation is 3. The molecule has 0 heterocycles. The fraction of sp³-hybridized carbons (Fsp3) is 0.333. The van der Waals surface area contributed by atoms with E-state index in [-0.39, 0.29) is 6.61 Å². The maximum Gasteiger partial charge on any atom is 0.125 e. The van der Waals surface area contributed by atoms with Gasteiger partial charge in [0.15, 0.2) is 0 Å². The van der Waals surface area contributed by atoms with Gasteiger partial charge in [-0.2, -0.15) is 0 Å². The Labute approximate surface area is 126 Å². The largest absolute Gasteiger partial charge is 0.497 e. The van der Waals surface area contributed by atoms with E-state index in [1.165, 1.54) is 5.56 Å². The third-order valence-electron chi connectivity index (χ3n) is 3.49. The summed E-state index contributed by atoms with van der Waals surface area (Å²) in [6, 6.07) is 11.5. The van der Waals surface area contributed by atoms with Crippen molar-refractivity contribution in [2.45, 2.75) is 26.9 Å². The van der Waals surface area contributed by atoms with Crippen LogP contribution in [0, 0.1) is 20.8 Å². The summed E-state index contributed by atoms with van der Waals surface area (Å²) >= 11 is 0. The first-order chi connectivity index (χ1) is 10.0. The summed E-state index contributed by atoms with van der Waals surface area (Å²) in [6.07, 6.45) is -0.656. The minimum atomic E-state index is -0.656. The van der Waals surface area contributed by atoms with Crippen LogP contribution in [0.5, 0.6) is 11.5 Å². The van der Waals surface area contributed by atoms with Crippen LogP contribution in [-0.4, -0.2) is 18.8 Å². The molecule has 112 valence electrons. The fourth-order valence-electron chi connectivity index (χ4n) is 2.48. The molecule has 0 fully saturated rings. The molecule has 1 N–H and O–H groups in total. The number of benzene rings is 2. The summed E-state index contributed by atoms with van der Waals surface area (Å²) in [4.78, 5) is 0.